The highest BCUT2D eigenvalue weighted by molar-refractivity contribution is 5.93. The van der Waals surface area contributed by atoms with Crippen LogP contribution in [0.1, 0.15) is 29.7 Å². The minimum Gasteiger partial charge on any atom is -0.406 e. The fourth-order valence-corrected chi connectivity index (χ4v) is 6.19. The molecule has 2 fully saturated rings. The highest BCUT2D eigenvalue weighted by Gasteiger charge is 2.53. The molecule has 44 heavy (non-hydrogen) atoms. The van der Waals surface area contributed by atoms with E-state index in [1.165, 1.54) is 18.2 Å². The molecule has 0 aliphatic carbocycles. The summed E-state index contributed by atoms with van der Waals surface area (Å²) in [5, 5.41) is 0. The molecule has 0 atom stereocenters. The Kier molecular flexibility index (Phi) is 8.01. The summed E-state index contributed by atoms with van der Waals surface area (Å²) in [7, 11) is 0. The average Bonchev–Trinajstić information content (AvgIpc) is 3.55. The zero-order valence-corrected chi connectivity index (χ0v) is 24.0. The molecule has 0 bridgehead atoms. The van der Waals surface area contributed by atoms with Crippen LogP contribution in [0.25, 0.3) is 4.85 Å². The number of amides is 1. The van der Waals surface area contributed by atoms with Gasteiger partial charge in [0, 0.05) is 44.6 Å². The Balaban J connectivity index is 1.16. The summed E-state index contributed by atoms with van der Waals surface area (Å²) in [5.74, 6) is -0.319. The van der Waals surface area contributed by atoms with E-state index in [1.807, 2.05) is 67.1 Å². The number of alkyl halides is 3. The first kappa shape index (κ1) is 29.3. The summed E-state index contributed by atoms with van der Waals surface area (Å²) in [6.45, 7) is 10.4. The number of carbonyl (C=O) groups is 1. The predicted molar refractivity (Wildman–Crippen MR) is 159 cm³/mol. The van der Waals surface area contributed by atoms with Crippen LogP contribution in [0.5, 0.6) is 5.75 Å². The van der Waals surface area contributed by atoms with Crippen LogP contribution in [0.15, 0.2) is 91.4 Å². The van der Waals surface area contributed by atoms with Gasteiger partial charge in [0.15, 0.2) is 5.69 Å². The molecule has 8 nitrogen and oxygen atoms in total. The van der Waals surface area contributed by atoms with Gasteiger partial charge < -0.3 is 19.1 Å². The molecule has 3 aromatic carbocycles. The van der Waals surface area contributed by atoms with Gasteiger partial charge in [-0.25, -0.2) is 9.83 Å². The van der Waals surface area contributed by atoms with E-state index in [-0.39, 0.29) is 18.2 Å². The van der Waals surface area contributed by atoms with Crippen LogP contribution in [0.4, 0.5) is 24.5 Å². The molecule has 226 valence electrons. The Labute approximate surface area is 253 Å². The maximum atomic E-state index is 14.1. The normalized spacial score (nSPS) is 16.8. The fourth-order valence-electron chi connectivity index (χ4n) is 6.19. The summed E-state index contributed by atoms with van der Waals surface area (Å²) in [6, 6.07) is 23.2. The quantitative estimate of drug-likeness (QED) is 0.225. The van der Waals surface area contributed by atoms with Crippen molar-refractivity contribution in [1.82, 2.24) is 19.4 Å². The number of likely N-dealkylation sites (tertiary alicyclic amines) is 1. The lowest BCUT2D eigenvalue weighted by atomic mass is 9.85. The molecule has 0 radical (unpaired) electrons. The van der Waals surface area contributed by atoms with E-state index in [0.717, 1.165) is 16.9 Å². The molecule has 11 heteroatoms. The van der Waals surface area contributed by atoms with Crippen LogP contribution < -0.4 is 9.64 Å². The minimum atomic E-state index is -4.79. The molecule has 0 N–H and O–H groups in total. The van der Waals surface area contributed by atoms with Gasteiger partial charge in [-0.1, -0.05) is 54.6 Å². The first-order chi connectivity index (χ1) is 21.2. The van der Waals surface area contributed by atoms with Gasteiger partial charge in [0.1, 0.15) is 11.3 Å². The smallest absolute Gasteiger partial charge is 0.406 e. The van der Waals surface area contributed by atoms with Crippen LogP contribution in [0.2, 0.25) is 0 Å². The summed E-state index contributed by atoms with van der Waals surface area (Å²) in [6.07, 6.45) is 0.120. The number of hydrogen-bond acceptors (Lipinski definition) is 5. The van der Waals surface area contributed by atoms with E-state index in [9.17, 15) is 18.0 Å². The lowest BCUT2D eigenvalue weighted by molar-refractivity contribution is -0.274. The maximum Gasteiger partial charge on any atom is 0.573 e. The summed E-state index contributed by atoms with van der Waals surface area (Å²) < 4.78 is 44.6. The Hall–Kier alpha value is -4.82. The number of para-hydroxylation sites is 1. The summed E-state index contributed by atoms with van der Waals surface area (Å²) in [4.78, 5) is 28.2. The van der Waals surface area contributed by atoms with Crippen LogP contribution in [0.3, 0.4) is 0 Å². The van der Waals surface area contributed by atoms with Gasteiger partial charge in [-0.05, 0) is 48.2 Å². The number of halogens is 3. The first-order valence-corrected chi connectivity index (χ1v) is 14.4. The van der Waals surface area contributed by atoms with Crippen molar-refractivity contribution < 1.29 is 22.7 Å². The zero-order chi connectivity index (χ0) is 30.7. The van der Waals surface area contributed by atoms with Crippen LogP contribution in [-0.2, 0) is 24.4 Å². The highest BCUT2D eigenvalue weighted by Crippen LogP contribution is 2.40. The summed E-state index contributed by atoms with van der Waals surface area (Å²) >= 11 is 0. The number of benzene rings is 3. The Morgan fingerprint density at radius 2 is 1.66 bits per heavy atom. The molecular formula is C33H31F3N6O2. The zero-order valence-electron chi connectivity index (χ0n) is 24.0. The van der Waals surface area contributed by atoms with E-state index in [2.05, 4.69) is 28.9 Å². The fraction of sp³-hybridized carbons (Fsp3) is 0.303. The number of carbonyl (C=O) groups excluding carboxylic acids is 1. The number of imidazole rings is 1. The SMILES string of the molecule is [C-]#[N+]c1ccc(Cn2cncc2CN2CCC3(CC2)C(=O)N(Cc2cccc(OC(F)(F)F)c2)CN3c2ccccc2)cc1. The molecule has 0 saturated carbocycles. The summed E-state index contributed by atoms with van der Waals surface area (Å²) in [5.41, 5.74) is 3.52. The number of rotatable bonds is 8. The number of anilines is 1. The van der Waals surface area contributed by atoms with Gasteiger partial charge in [-0.15, -0.1) is 13.2 Å². The predicted octanol–water partition coefficient (Wildman–Crippen LogP) is 6.22. The van der Waals surface area contributed by atoms with E-state index >= 15 is 0 Å². The molecule has 1 aromatic heterocycles. The monoisotopic (exact) mass is 600 g/mol. The third-order valence-electron chi connectivity index (χ3n) is 8.37. The molecule has 1 amide bonds. The van der Waals surface area contributed by atoms with Crippen molar-refractivity contribution in [3.63, 3.8) is 0 Å². The Morgan fingerprint density at radius 1 is 0.909 bits per heavy atom. The van der Waals surface area contributed by atoms with Gasteiger partial charge in [0.05, 0.1) is 25.3 Å². The second-order valence-electron chi connectivity index (χ2n) is 11.2. The van der Waals surface area contributed by atoms with Crippen LogP contribution in [-0.4, -0.2) is 56.9 Å². The number of piperidine rings is 1. The van der Waals surface area contributed by atoms with E-state index in [4.69, 9.17) is 6.57 Å². The molecule has 6 rings (SSSR count). The third-order valence-corrected chi connectivity index (χ3v) is 8.37. The number of nitrogens with zero attached hydrogens (tertiary/aromatic N) is 6. The van der Waals surface area contributed by atoms with Crippen LogP contribution in [0, 0.1) is 6.57 Å². The standard InChI is InChI=1S/C33H31F3N6O2/c1-37-27-12-10-25(11-13-27)20-40-23-38-19-29(40)22-39-16-14-32(15-17-39)31(43)41(24-42(32)28-7-3-2-4-8-28)21-26-6-5-9-30(18-26)44-33(34,35)36/h2-13,18-19,23H,14-17,20-22,24H2. The Bertz CT molecular complexity index is 1640. The highest BCUT2D eigenvalue weighted by atomic mass is 19.4. The van der Waals surface area contributed by atoms with Crippen molar-refractivity contribution in [2.75, 3.05) is 24.7 Å². The second-order valence-corrected chi connectivity index (χ2v) is 11.2. The lowest BCUT2D eigenvalue weighted by Gasteiger charge is -2.43. The number of hydrogen-bond donors (Lipinski definition) is 0. The molecule has 2 aliphatic rings. The molecule has 2 aliphatic heterocycles. The van der Waals surface area contributed by atoms with Gasteiger partial charge in [0.2, 0.25) is 5.91 Å². The molecule has 0 unspecified atom stereocenters. The van der Waals surface area contributed by atoms with Crippen LogP contribution >= 0.6 is 0 Å². The van der Waals surface area contributed by atoms with Gasteiger partial charge >= 0.3 is 6.36 Å². The molecular weight excluding hydrogens is 569 g/mol. The minimum absolute atomic E-state index is 0.0175. The Morgan fingerprint density at radius 3 is 2.36 bits per heavy atom. The topological polar surface area (TPSA) is 58.2 Å². The van der Waals surface area contributed by atoms with E-state index < -0.39 is 11.9 Å². The van der Waals surface area contributed by atoms with Gasteiger partial charge in [0.25, 0.3) is 0 Å². The van der Waals surface area contributed by atoms with Crippen molar-refractivity contribution in [2.24, 2.45) is 0 Å². The largest absolute Gasteiger partial charge is 0.573 e. The molecule has 3 heterocycles. The third kappa shape index (κ3) is 6.26. The van der Waals surface area contributed by atoms with Crippen molar-refractivity contribution >= 4 is 17.3 Å². The van der Waals surface area contributed by atoms with E-state index in [1.54, 1.807) is 11.0 Å². The first-order valence-electron chi connectivity index (χ1n) is 14.4. The maximum absolute atomic E-state index is 14.1. The van der Waals surface area contributed by atoms with E-state index in [0.29, 0.717) is 56.9 Å². The lowest BCUT2D eigenvalue weighted by Crippen LogP contribution is -2.56. The van der Waals surface area contributed by atoms with Gasteiger partial charge in [-0.2, -0.15) is 0 Å². The average molecular weight is 601 g/mol. The van der Waals surface area contributed by atoms with Crippen molar-refractivity contribution in [2.45, 2.75) is 44.4 Å². The number of ether oxygens (including phenoxy) is 1. The molecule has 4 aromatic rings. The van der Waals surface area contributed by atoms with Crippen molar-refractivity contribution in [3.8, 4) is 5.75 Å². The number of aromatic nitrogens is 2. The van der Waals surface area contributed by atoms with Crippen molar-refractivity contribution in [1.29, 1.82) is 0 Å². The molecule has 1 spiro atoms. The second kappa shape index (κ2) is 12.1. The van der Waals surface area contributed by atoms with Crippen molar-refractivity contribution in [3.05, 3.63) is 120 Å². The molecule has 2 saturated heterocycles. The van der Waals surface area contributed by atoms with Gasteiger partial charge in [-0.3, -0.25) is 9.69 Å².